The van der Waals surface area contributed by atoms with Crippen LogP contribution in [0, 0.1) is 23.0 Å². The smallest absolute Gasteiger partial charge is 1.00 e. The normalized spacial score (nSPS) is 18.1. The molecule has 6 heteroatoms. The molecule has 2 aliphatic carbocycles. The molecule has 0 aromatic carbocycles. The van der Waals surface area contributed by atoms with Crippen molar-refractivity contribution in [1.29, 1.82) is 0 Å². The standard InChI is InChI=1S/2C10H15.4ClH.2Ir/c2*1-7-6-10(4,5)9(3)8(7)2;;;;;;/h2*1-5H3;4*1H;;/q2*-1;;;;;2*+3/p-4. The molecule has 0 fully saturated rings. The van der Waals surface area contributed by atoms with E-state index in [-0.39, 0.29) is 101 Å². The summed E-state index contributed by atoms with van der Waals surface area (Å²) < 4.78 is 0. The number of allylic oxidation sites excluding steroid dienone is 8. The monoisotopic (exact) mass is 796 g/mol. The first-order valence-corrected chi connectivity index (χ1v) is 7.50. The van der Waals surface area contributed by atoms with Gasteiger partial charge in [0.1, 0.15) is 0 Å². The van der Waals surface area contributed by atoms with E-state index in [2.05, 4.69) is 81.4 Å². The molecule has 0 bridgehead atoms. The quantitative estimate of drug-likeness (QED) is 0.215. The Morgan fingerprint density at radius 2 is 0.692 bits per heavy atom. The molecule has 0 atom stereocenters. The van der Waals surface area contributed by atoms with Crippen molar-refractivity contribution < 1.29 is 89.8 Å². The van der Waals surface area contributed by atoms with Gasteiger partial charge >= 0.3 is 40.2 Å². The van der Waals surface area contributed by atoms with Gasteiger partial charge in [0, 0.05) is 0 Å². The maximum Gasteiger partial charge on any atom is 3.00 e. The SMILES string of the molecule is CC1=[C-]C(C)(C)C(C)=C1C.CC1=[C-]C(C)(C)C(C)=C1C.[Cl-].[Cl-].[Cl-].[Cl-].[Ir+3].[Ir+3]. The molecule has 26 heavy (non-hydrogen) atoms. The zero-order chi connectivity index (χ0) is 15.9. The Balaban J connectivity index is -0.0000000625. The third-order valence-electron chi connectivity index (χ3n) is 5.12. The number of rotatable bonds is 0. The van der Waals surface area contributed by atoms with Crippen LogP contribution in [0.2, 0.25) is 0 Å². The van der Waals surface area contributed by atoms with Gasteiger partial charge in [-0.1, -0.05) is 66.2 Å². The number of hydrogen-bond acceptors (Lipinski definition) is 0. The summed E-state index contributed by atoms with van der Waals surface area (Å²) in [5, 5.41) is 0. The molecule has 0 heterocycles. The molecule has 0 nitrogen and oxygen atoms in total. The largest absolute Gasteiger partial charge is 3.00 e. The van der Waals surface area contributed by atoms with Gasteiger partial charge in [0.15, 0.2) is 0 Å². The first-order chi connectivity index (χ1) is 8.90. The molecular weight excluding hydrogens is 766 g/mol. The Bertz CT molecular complexity index is 504. The van der Waals surface area contributed by atoms with Crippen LogP contribution in [-0.4, -0.2) is 0 Å². The van der Waals surface area contributed by atoms with Crippen molar-refractivity contribution in [3.63, 3.8) is 0 Å². The van der Waals surface area contributed by atoms with Gasteiger partial charge in [-0.2, -0.15) is 22.3 Å². The predicted octanol–water partition coefficient (Wildman–Crippen LogP) is -5.76. The van der Waals surface area contributed by atoms with Crippen LogP contribution in [0.1, 0.15) is 69.2 Å². The summed E-state index contributed by atoms with van der Waals surface area (Å²) in [5.74, 6) is 0. The van der Waals surface area contributed by atoms with Crippen molar-refractivity contribution in [2.75, 3.05) is 0 Å². The molecular formula is C20H30Cl4Ir2. The van der Waals surface area contributed by atoms with Crippen LogP contribution >= 0.6 is 0 Å². The Morgan fingerprint density at radius 1 is 0.500 bits per heavy atom. The Hall–Kier alpha value is 1.42. The fourth-order valence-electron chi connectivity index (χ4n) is 2.81. The molecule has 0 spiro atoms. The third-order valence-corrected chi connectivity index (χ3v) is 5.12. The van der Waals surface area contributed by atoms with Crippen LogP contribution in [0.15, 0.2) is 33.4 Å². The summed E-state index contributed by atoms with van der Waals surface area (Å²) >= 11 is 0. The topological polar surface area (TPSA) is 0 Å². The van der Waals surface area contributed by atoms with Crippen LogP contribution in [0.4, 0.5) is 0 Å². The van der Waals surface area contributed by atoms with Gasteiger partial charge in [-0.05, 0) is 0 Å². The van der Waals surface area contributed by atoms with Gasteiger partial charge < -0.3 is 49.6 Å². The first-order valence-electron chi connectivity index (χ1n) is 7.50. The predicted molar refractivity (Wildman–Crippen MR) is 89.2 cm³/mol. The Morgan fingerprint density at radius 3 is 0.731 bits per heavy atom. The van der Waals surface area contributed by atoms with Gasteiger partial charge in [-0.3, -0.25) is 12.2 Å². The fourth-order valence-corrected chi connectivity index (χ4v) is 2.81. The first kappa shape index (κ1) is 41.7. The summed E-state index contributed by atoms with van der Waals surface area (Å²) in [5.41, 5.74) is 8.79. The van der Waals surface area contributed by atoms with Crippen LogP contribution in [-0.2, 0) is 40.2 Å². The fraction of sp³-hybridized carbons (Fsp3) is 0.600. The van der Waals surface area contributed by atoms with Gasteiger partial charge in [0.25, 0.3) is 0 Å². The molecule has 0 N–H and O–H groups in total. The van der Waals surface area contributed by atoms with Crippen molar-refractivity contribution >= 4 is 0 Å². The van der Waals surface area contributed by atoms with Crippen molar-refractivity contribution in [3.05, 3.63) is 45.6 Å². The number of hydrogen-bond donors (Lipinski definition) is 0. The maximum atomic E-state index is 3.44. The molecule has 0 aromatic rings. The van der Waals surface area contributed by atoms with E-state index >= 15 is 0 Å². The van der Waals surface area contributed by atoms with E-state index in [0.29, 0.717) is 0 Å². The van der Waals surface area contributed by atoms with Crippen LogP contribution < -0.4 is 49.6 Å². The van der Waals surface area contributed by atoms with E-state index in [1.54, 1.807) is 0 Å². The average molecular weight is 797 g/mol. The minimum atomic E-state index is 0. The Kier molecular flexibility index (Phi) is 24.5. The van der Waals surface area contributed by atoms with E-state index in [4.69, 9.17) is 0 Å². The molecule has 2 aliphatic rings. The van der Waals surface area contributed by atoms with Gasteiger partial charge in [-0.25, -0.2) is 11.1 Å². The van der Waals surface area contributed by atoms with E-state index in [1.165, 1.54) is 33.4 Å². The van der Waals surface area contributed by atoms with E-state index in [0.717, 1.165) is 0 Å². The molecule has 0 saturated heterocycles. The average Bonchev–Trinajstić information content (AvgIpc) is 2.60. The van der Waals surface area contributed by atoms with Gasteiger partial charge in [-0.15, -0.1) is 13.8 Å². The Labute approximate surface area is 213 Å². The van der Waals surface area contributed by atoms with E-state index in [9.17, 15) is 0 Å². The molecule has 0 saturated carbocycles. The summed E-state index contributed by atoms with van der Waals surface area (Å²) in [6, 6.07) is 0. The molecule has 0 unspecified atom stereocenters. The second kappa shape index (κ2) is 15.3. The zero-order valence-electron chi connectivity index (χ0n) is 17.2. The van der Waals surface area contributed by atoms with Crippen LogP contribution in [0.5, 0.6) is 0 Å². The van der Waals surface area contributed by atoms with E-state index in [1.807, 2.05) is 0 Å². The van der Waals surface area contributed by atoms with Gasteiger partial charge in [0.2, 0.25) is 0 Å². The minimum absolute atomic E-state index is 0. The second-order valence-electron chi connectivity index (χ2n) is 7.25. The zero-order valence-corrected chi connectivity index (χ0v) is 25.0. The molecule has 0 radical (unpaired) electrons. The van der Waals surface area contributed by atoms with Crippen molar-refractivity contribution in [1.82, 2.24) is 0 Å². The minimum Gasteiger partial charge on any atom is -1.00 e. The van der Waals surface area contributed by atoms with Crippen LogP contribution in [0.25, 0.3) is 0 Å². The third kappa shape index (κ3) is 9.75. The second-order valence-corrected chi connectivity index (χ2v) is 7.25. The molecule has 0 aliphatic heterocycles. The van der Waals surface area contributed by atoms with Gasteiger partial charge in [0.05, 0.1) is 0 Å². The summed E-state index contributed by atoms with van der Waals surface area (Å²) in [6.07, 6.45) is 6.87. The summed E-state index contributed by atoms with van der Waals surface area (Å²) in [6.45, 7) is 21.8. The molecule has 2 rings (SSSR count). The van der Waals surface area contributed by atoms with Crippen molar-refractivity contribution in [2.24, 2.45) is 10.8 Å². The maximum absolute atomic E-state index is 3.44. The van der Waals surface area contributed by atoms with Crippen LogP contribution in [0.3, 0.4) is 0 Å². The number of halogens is 4. The molecule has 0 amide bonds. The van der Waals surface area contributed by atoms with Crippen molar-refractivity contribution in [2.45, 2.75) is 69.2 Å². The summed E-state index contributed by atoms with van der Waals surface area (Å²) in [4.78, 5) is 0. The van der Waals surface area contributed by atoms with E-state index < -0.39 is 0 Å². The van der Waals surface area contributed by atoms with Crippen molar-refractivity contribution in [3.8, 4) is 0 Å². The summed E-state index contributed by atoms with van der Waals surface area (Å²) in [7, 11) is 0. The molecule has 0 aromatic heterocycles. The molecule has 156 valence electrons.